The lowest BCUT2D eigenvalue weighted by Crippen LogP contribution is -2.50. The van der Waals surface area contributed by atoms with Crippen molar-refractivity contribution in [1.29, 1.82) is 0 Å². The minimum Gasteiger partial charge on any atom is -0.469 e. The molecule has 3 atom stereocenters. The number of hydrogen-bond donors (Lipinski definition) is 1. The van der Waals surface area contributed by atoms with Crippen LogP contribution in [0.15, 0.2) is 46.0 Å². The molecule has 2 aromatic rings. The third-order valence-electron chi connectivity index (χ3n) is 6.29. The highest BCUT2D eigenvalue weighted by atomic mass is 35.5. The van der Waals surface area contributed by atoms with Crippen LogP contribution in [-0.2, 0) is 29.1 Å². The number of ether oxygens (including phenoxy) is 2. The third kappa shape index (κ3) is 5.54. The normalized spacial score (nSPS) is 22.7. The predicted octanol–water partition coefficient (Wildman–Crippen LogP) is 2.52. The van der Waals surface area contributed by atoms with Gasteiger partial charge in [0.05, 0.1) is 32.0 Å². The first-order valence-corrected chi connectivity index (χ1v) is 14.2. The maximum atomic E-state index is 13.9. The predicted molar refractivity (Wildman–Crippen MR) is 135 cm³/mol. The Bertz CT molecular complexity index is 1380. The van der Waals surface area contributed by atoms with E-state index in [-0.39, 0.29) is 30.1 Å². The maximum Gasteiger partial charge on any atom is 0.338 e. The number of thiazole rings is 1. The number of sulfonamides is 1. The largest absolute Gasteiger partial charge is 0.469 e. The van der Waals surface area contributed by atoms with E-state index in [1.165, 1.54) is 42.0 Å². The molecule has 2 aliphatic heterocycles. The summed E-state index contributed by atoms with van der Waals surface area (Å²) in [6, 6.07) is 2.75. The summed E-state index contributed by atoms with van der Waals surface area (Å²) in [4.78, 5) is 35.1. The monoisotopic (exact) mass is 570 g/mol. The van der Waals surface area contributed by atoms with Crippen molar-refractivity contribution in [2.75, 3.05) is 33.6 Å². The van der Waals surface area contributed by atoms with Crippen LogP contribution in [0.4, 0.5) is 4.39 Å². The van der Waals surface area contributed by atoms with Crippen LogP contribution in [0.3, 0.4) is 0 Å². The van der Waals surface area contributed by atoms with Crippen molar-refractivity contribution in [3.8, 4) is 0 Å². The van der Waals surface area contributed by atoms with Crippen LogP contribution in [0.25, 0.3) is 0 Å². The number of benzene rings is 1. The number of piperidine rings is 1. The van der Waals surface area contributed by atoms with E-state index in [0.717, 1.165) is 12.3 Å². The molecule has 0 spiro atoms. The van der Waals surface area contributed by atoms with Gasteiger partial charge in [0.25, 0.3) is 0 Å². The lowest BCUT2D eigenvalue weighted by atomic mass is 9.79. The Morgan fingerprint density at radius 1 is 1.27 bits per heavy atom. The number of aromatic nitrogens is 1. The summed E-state index contributed by atoms with van der Waals surface area (Å²) in [5.41, 5.74) is 0.740. The Kier molecular flexibility index (Phi) is 7.97. The highest BCUT2D eigenvalue weighted by molar-refractivity contribution is 7.88. The highest BCUT2D eigenvalue weighted by Gasteiger charge is 2.44. The molecule has 3 heterocycles. The molecule has 2 aliphatic rings. The molecule has 0 aliphatic carbocycles. The van der Waals surface area contributed by atoms with Gasteiger partial charge in [-0.05, 0) is 18.6 Å². The fourth-order valence-electron chi connectivity index (χ4n) is 4.55. The van der Waals surface area contributed by atoms with Gasteiger partial charge in [-0.2, -0.15) is 0 Å². The number of nitrogens with one attached hydrogen (secondary N) is 1. The van der Waals surface area contributed by atoms with Gasteiger partial charge in [-0.1, -0.05) is 17.7 Å². The zero-order valence-electron chi connectivity index (χ0n) is 20.1. The zero-order valence-corrected chi connectivity index (χ0v) is 22.5. The molecular weight excluding hydrogens is 547 g/mol. The van der Waals surface area contributed by atoms with E-state index in [1.54, 1.807) is 11.6 Å². The Morgan fingerprint density at radius 2 is 2.03 bits per heavy atom. The number of esters is 2. The van der Waals surface area contributed by atoms with Crippen molar-refractivity contribution in [3.05, 3.63) is 62.5 Å². The van der Waals surface area contributed by atoms with Crippen molar-refractivity contribution >= 4 is 50.7 Å². The molecule has 0 bridgehead atoms. The first-order chi connectivity index (χ1) is 17.5. The quantitative estimate of drug-likeness (QED) is 0.525. The fourth-order valence-corrected chi connectivity index (χ4v) is 6.28. The number of carbonyl (C=O) groups is 2. The fraction of sp³-hybridized carbons (Fsp3) is 0.391. The van der Waals surface area contributed by atoms with Gasteiger partial charge in [-0.25, -0.2) is 26.9 Å². The molecule has 1 fully saturated rings. The number of hydrogen-bond acceptors (Lipinski definition) is 10. The summed E-state index contributed by atoms with van der Waals surface area (Å²) in [7, 11) is -1.16. The zero-order chi connectivity index (χ0) is 26.9. The van der Waals surface area contributed by atoms with Gasteiger partial charge in [-0.3, -0.25) is 9.79 Å². The molecule has 1 N–H and O–H groups in total. The standard InChI is InChI=1S/C23H24ClFN4O6S2/c1-34-22(30)15-11-29(37(3,32)33)8-6-13(15)18-17(23(31)35-2)19(14-5-4-12(25)10-16(14)24)28-20(27-18)21-26-7-9-36-21/h4-5,7,9-10,13,15,19H,6,8,11H2,1-3H3,(H,27,28)/t13-,15+,19?/m1/s1. The van der Waals surface area contributed by atoms with E-state index in [1.807, 2.05) is 0 Å². The second-order valence-electron chi connectivity index (χ2n) is 8.47. The van der Waals surface area contributed by atoms with Gasteiger partial charge < -0.3 is 14.8 Å². The number of amidine groups is 1. The minimum absolute atomic E-state index is 0.0475. The summed E-state index contributed by atoms with van der Waals surface area (Å²) < 4.78 is 49.7. The van der Waals surface area contributed by atoms with Crippen LogP contribution in [-0.4, -0.2) is 69.0 Å². The van der Waals surface area contributed by atoms with E-state index in [9.17, 15) is 22.4 Å². The maximum absolute atomic E-state index is 13.9. The van der Waals surface area contributed by atoms with Gasteiger partial charge in [0.15, 0.2) is 10.8 Å². The van der Waals surface area contributed by atoms with Crippen LogP contribution in [0.2, 0.25) is 5.02 Å². The third-order valence-corrected chi connectivity index (χ3v) is 8.67. The summed E-state index contributed by atoms with van der Waals surface area (Å²) >= 11 is 7.69. The number of rotatable bonds is 6. The Hall–Kier alpha value is -2.87. The summed E-state index contributed by atoms with van der Waals surface area (Å²) in [5, 5.41) is 5.47. The SMILES string of the molecule is COC(=O)C1=C([C@@H]2CCN(S(C)(=O)=O)C[C@@H]2C(=O)OC)NC(c2nccs2)=NC1c1ccc(F)cc1Cl. The first kappa shape index (κ1) is 27.2. The molecule has 0 amide bonds. The van der Waals surface area contributed by atoms with Gasteiger partial charge in [0.1, 0.15) is 11.9 Å². The first-order valence-electron chi connectivity index (χ1n) is 11.1. The molecule has 1 aromatic heterocycles. The number of methoxy groups -OCH3 is 2. The Morgan fingerprint density at radius 3 is 2.62 bits per heavy atom. The molecule has 37 heavy (non-hydrogen) atoms. The molecule has 0 radical (unpaired) electrons. The van der Waals surface area contributed by atoms with Gasteiger partial charge in [0, 0.05) is 46.9 Å². The van der Waals surface area contributed by atoms with Crippen LogP contribution in [0.5, 0.6) is 0 Å². The molecule has 10 nitrogen and oxygen atoms in total. The minimum atomic E-state index is -3.59. The van der Waals surface area contributed by atoms with Crippen molar-refractivity contribution in [2.45, 2.75) is 12.5 Å². The second kappa shape index (κ2) is 10.9. The number of nitrogens with zero attached hydrogens (tertiary/aromatic N) is 3. The lowest BCUT2D eigenvalue weighted by Gasteiger charge is -2.39. The molecule has 1 saturated heterocycles. The van der Waals surface area contributed by atoms with E-state index in [0.29, 0.717) is 22.1 Å². The van der Waals surface area contributed by atoms with E-state index >= 15 is 0 Å². The topological polar surface area (TPSA) is 127 Å². The summed E-state index contributed by atoms with van der Waals surface area (Å²) in [5.74, 6) is -3.20. The van der Waals surface area contributed by atoms with E-state index in [4.69, 9.17) is 26.1 Å². The average molecular weight is 571 g/mol. The van der Waals surface area contributed by atoms with Crippen LogP contribution >= 0.6 is 22.9 Å². The van der Waals surface area contributed by atoms with Crippen LogP contribution < -0.4 is 5.32 Å². The van der Waals surface area contributed by atoms with E-state index < -0.39 is 45.7 Å². The van der Waals surface area contributed by atoms with Gasteiger partial charge in [-0.15, -0.1) is 11.3 Å². The van der Waals surface area contributed by atoms with Crippen molar-refractivity contribution in [1.82, 2.24) is 14.6 Å². The van der Waals surface area contributed by atoms with Crippen molar-refractivity contribution in [3.63, 3.8) is 0 Å². The smallest absolute Gasteiger partial charge is 0.338 e. The average Bonchev–Trinajstić information content (AvgIpc) is 3.41. The lowest BCUT2D eigenvalue weighted by molar-refractivity contribution is -0.148. The molecule has 14 heteroatoms. The highest BCUT2D eigenvalue weighted by Crippen LogP contribution is 2.41. The van der Waals surface area contributed by atoms with Crippen LogP contribution in [0.1, 0.15) is 23.0 Å². The molecule has 1 aromatic carbocycles. The van der Waals surface area contributed by atoms with Crippen molar-refractivity contribution < 1.29 is 31.9 Å². The molecule has 4 rings (SSSR count). The van der Waals surface area contributed by atoms with Gasteiger partial charge >= 0.3 is 11.9 Å². The van der Waals surface area contributed by atoms with Crippen molar-refractivity contribution in [2.24, 2.45) is 16.8 Å². The van der Waals surface area contributed by atoms with E-state index in [2.05, 4.69) is 10.3 Å². The summed E-state index contributed by atoms with van der Waals surface area (Å²) in [6.07, 6.45) is 2.86. The Labute approximate surface area is 222 Å². The Balaban J connectivity index is 1.91. The number of carbonyl (C=O) groups excluding carboxylic acids is 2. The number of allylic oxidation sites excluding steroid dienone is 1. The van der Waals surface area contributed by atoms with Gasteiger partial charge in [0.2, 0.25) is 10.0 Å². The molecule has 1 unspecified atom stereocenters. The number of aliphatic imine (C=N–C) groups is 1. The number of halogens is 2. The second-order valence-corrected chi connectivity index (χ2v) is 11.8. The molecular formula is C23H24ClFN4O6S2. The molecule has 0 saturated carbocycles. The molecule has 198 valence electrons. The van der Waals surface area contributed by atoms with Crippen LogP contribution in [0, 0.1) is 17.7 Å². The summed E-state index contributed by atoms with van der Waals surface area (Å²) in [6.45, 7) is -0.0240.